The van der Waals surface area contributed by atoms with Crippen LogP contribution in [0.3, 0.4) is 0 Å². The van der Waals surface area contributed by atoms with Gasteiger partial charge < -0.3 is 13.3 Å². The smallest absolute Gasteiger partial charge is 0.377 e. The second-order valence-corrected chi connectivity index (χ2v) is 9.70. The highest BCUT2D eigenvalue weighted by atomic mass is 32.2. The molecule has 0 saturated carbocycles. The number of nitrogens with zero attached hydrogens (tertiary/aromatic N) is 1. The third kappa shape index (κ3) is 2.82. The molecular weight excluding hydrogens is 326 g/mol. The molecule has 1 aliphatic heterocycles. The second kappa shape index (κ2) is 6.47. The van der Waals surface area contributed by atoms with E-state index in [4.69, 9.17) is 13.3 Å². The number of hydrogen-bond acceptors (Lipinski definition) is 6. The molecule has 1 amide bonds. The summed E-state index contributed by atoms with van der Waals surface area (Å²) in [5.74, 6) is -0.491. The fourth-order valence-corrected chi connectivity index (χ4v) is 5.76. The fraction of sp³-hybridized carbons (Fsp3) is 0.462. The first-order valence-electron chi connectivity index (χ1n) is 6.73. The highest BCUT2D eigenvalue weighted by Crippen LogP contribution is 2.30. The minimum atomic E-state index is -3.76. The van der Waals surface area contributed by atoms with E-state index < -0.39 is 24.7 Å². The first kappa shape index (κ1) is 17.1. The molecule has 7 nitrogen and oxygen atoms in total. The lowest BCUT2D eigenvalue weighted by atomic mass is 10.2. The summed E-state index contributed by atoms with van der Waals surface area (Å²) in [6.07, 6.45) is 0.403. The minimum absolute atomic E-state index is 0.0636. The van der Waals surface area contributed by atoms with E-state index in [1.54, 1.807) is 12.1 Å². The lowest BCUT2D eigenvalue weighted by Gasteiger charge is -2.25. The van der Waals surface area contributed by atoms with Gasteiger partial charge >= 0.3 is 8.80 Å². The first-order chi connectivity index (χ1) is 10.4. The number of amides is 1. The Morgan fingerprint density at radius 2 is 1.68 bits per heavy atom. The van der Waals surface area contributed by atoms with Crippen molar-refractivity contribution >= 4 is 24.7 Å². The van der Waals surface area contributed by atoms with Gasteiger partial charge in [-0.15, -0.1) is 0 Å². The van der Waals surface area contributed by atoms with E-state index >= 15 is 0 Å². The van der Waals surface area contributed by atoms with Crippen molar-refractivity contribution in [3.05, 3.63) is 29.8 Å². The standard InChI is InChI=1S/C13H19NO6SSi/c1-18-22(19-2,20-3)10-6-9-14-13(15)11-7-4-5-8-12(11)21(14,16)17/h4-5,7-8H,6,9-10H2,1-3H3. The van der Waals surface area contributed by atoms with Crippen molar-refractivity contribution < 1.29 is 26.5 Å². The Balaban J connectivity index is 2.11. The Kier molecular flexibility index (Phi) is 5.02. The van der Waals surface area contributed by atoms with Gasteiger partial charge in [0, 0.05) is 33.9 Å². The van der Waals surface area contributed by atoms with E-state index in [2.05, 4.69) is 0 Å². The van der Waals surface area contributed by atoms with Crippen LogP contribution in [0.5, 0.6) is 0 Å². The molecule has 0 aromatic heterocycles. The summed E-state index contributed by atoms with van der Waals surface area (Å²) < 4.78 is 41.5. The van der Waals surface area contributed by atoms with Gasteiger partial charge in [-0.25, -0.2) is 12.7 Å². The predicted molar refractivity (Wildman–Crippen MR) is 80.9 cm³/mol. The normalized spacial score (nSPS) is 16.9. The largest absolute Gasteiger partial charge is 0.500 e. The summed E-state index contributed by atoms with van der Waals surface area (Å²) in [4.78, 5) is 12.3. The van der Waals surface area contributed by atoms with Crippen molar-refractivity contribution in [1.29, 1.82) is 0 Å². The molecule has 9 heteroatoms. The zero-order valence-corrected chi connectivity index (χ0v) is 14.6. The molecule has 0 atom stereocenters. The lowest BCUT2D eigenvalue weighted by molar-refractivity contribution is 0.0865. The first-order valence-corrected chi connectivity index (χ1v) is 10.1. The number of hydrogen-bond donors (Lipinski definition) is 0. The molecular formula is C13H19NO6SSi. The summed E-state index contributed by atoms with van der Waals surface area (Å²) in [7, 11) is -2.05. The maximum atomic E-state index is 12.4. The van der Waals surface area contributed by atoms with Gasteiger partial charge in [-0.2, -0.15) is 0 Å². The highest BCUT2D eigenvalue weighted by Gasteiger charge is 2.42. The van der Waals surface area contributed by atoms with Gasteiger partial charge in [0.15, 0.2) is 0 Å². The van der Waals surface area contributed by atoms with Crippen molar-refractivity contribution in [3.63, 3.8) is 0 Å². The van der Waals surface area contributed by atoms with Gasteiger partial charge in [0.25, 0.3) is 15.9 Å². The maximum Gasteiger partial charge on any atom is 0.500 e. The van der Waals surface area contributed by atoms with Gasteiger partial charge in [-0.1, -0.05) is 12.1 Å². The molecule has 0 unspecified atom stereocenters. The van der Waals surface area contributed by atoms with Crippen LogP contribution >= 0.6 is 0 Å². The molecule has 0 bridgehead atoms. The molecule has 0 spiro atoms. The van der Waals surface area contributed by atoms with E-state index in [1.807, 2.05) is 0 Å². The van der Waals surface area contributed by atoms with Crippen molar-refractivity contribution in [2.24, 2.45) is 0 Å². The summed E-state index contributed by atoms with van der Waals surface area (Å²) >= 11 is 0. The van der Waals surface area contributed by atoms with Gasteiger partial charge in [-0.05, 0) is 18.6 Å². The molecule has 22 heavy (non-hydrogen) atoms. The number of fused-ring (bicyclic) bond motifs is 1. The van der Waals surface area contributed by atoms with E-state index in [0.29, 0.717) is 12.5 Å². The monoisotopic (exact) mass is 345 g/mol. The van der Waals surface area contributed by atoms with Gasteiger partial charge in [0.2, 0.25) is 0 Å². The summed E-state index contributed by atoms with van der Waals surface area (Å²) in [6, 6.07) is 6.64. The number of rotatable bonds is 7. The average Bonchev–Trinajstić information content (AvgIpc) is 2.73. The second-order valence-electron chi connectivity index (χ2n) is 4.78. The SMILES string of the molecule is CO[Si](CCCN1C(=O)c2ccccc2S1(=O)=O)(OC)OC. The maximum absolute atomic E-state index is 12.4. The summed E-state index contributed by atoms with van der Waals surface area (Å²) in [5.41, 5.74) is 0.219. The molecule has 1 aromatic rings. The van der Waals surface area contributed by atoms with Crippen LogP contribution in [0.15, 0.2) is 29.2 Å². The van der Waals surface area contributed by atoms with Crippen LogP contribution in [-0.4, -0.2) is 55.3 Å². The molecule has 1 aliphatic rings. The number of benzene rings is 1. The molecule has 0 saturated heterocycles. The van der Waals surface area contributed by atoms with Crippen molar-refractivity contribution in [2.75, 3.05) is 27.9 Å². The van der Waals surface area contributed by atoms with Crippen LogP contribution in [-0.2, 0) is 23.3 Å². The zero-order valence-electron chi connectivity index (χ0n) is 12.7. The van der Waals surface area contributed by atoms with Crippen LogP contribution < -0.4 is 0 Å². The Morgan fingerprint density at radius 3 is 2.23 bits per heavy atom. The highest BCUT2D eigenvalue weighted by molar-refractivity contribution is 7.90. The van der Waals surface area contributed by atoms with Crippen LogP contribution in [0.25, 0.3) is 0 Å². The molecule has 0 N–H and O–H groups in total. The third-order valence-corrected chi connectivity index (χ3v) is 8.36. The van der Waals surface area contributed by atoms with Crippen molar-refractivity contribution in [2.45, 2.75) is 17.4 Å². The number of sulfonamides is 1. The van der Waals surface area contributed by atoms with Gasteiger partial charge in [-0.3, -0.25) is 4.79 Å². The van der Waals surface area contributed by atoms with Crippen molar-refractivity contribution in [1.82, 2.24) is 4.31 Å². The molecule has 0 aliphatic carbocycles. The van der Waals surface area contributed by atoms with Gasteiger partial charge in [0.05, 0.1) is 5.56 Å². The Morgan fingerprint density at radius 1 is 1.09 bits per heavy atom. The average molecular weight is 345 g/mol. The molecule has 2 rings (SSSR count). The van der Waals surface area contributed by atoms with Crippen LogP contribution in [0.1, 0.15) is 16.8 Å². The summed E-state index contributed by atoms with van der Waals surface area (Å²) in [5, 5.41) is 0. The Hall–Kier alpha value is -1.26. The predicted octanol–water partition coefficient (Wildman–Crippen LogP) is 1.10. The van der Waals surface area contributed by atoms with E-state index in [1.165, 1.54) is 33.5 Å². The van der Waals surface area contributed by atoms with Crippen LogP contribution in [0, 0.1) is 0 Å². The number of carbonyl (C=O) groups is 1. The topological polar surface area (TPSA) is 82.1 Å². The van der Waals surface area contributed by atoms with E-state index in [9.17, 15) is 13.2 Å². The Bertz CT molecular complexity index is 650. The molecule has 0 fully saturated rings. The Labute approximate surface area is 131 Å². The summed E-state index contributed by atoms with van der Waals surface area (Å²) in [6.45, 7) is 0.0701. The van der Waals surface area contributed by atoms with Gasteiger partial charge in [0.1, 0.15) is 4.90 Å². The molecule has 1 aromatic carbocycles. The van der Waals surface area contributed by atoms with E-state index in [-0.39, 0.29) is 17.0 Å². The fourth-order valence-electron chi connectivity index (χ4n) is 2.45. The number of carbonyl (C=O) groups excluding carboxylic acids is 1. The minimum Gasteiger partial charge on any atom is -0.377 e. The van der Waals surface area contributed by atoms with E-state index in [0.717, 1.165) is 4.31 Å². The molecule has 0 radical (unpaired) electrons. The lowest BCUT2D eigenvalue weighted by Crippen LogP contribution is -2.43. The zero-order chi connectivity index (χ0) is 16.4. The quantitative estimate of drug-likeness (QED) is 0.688. The van der Waals surface area contributed by atoms with Crippen LogP contribution in [0.4, 0.5) is 0 Å². The van der Waals surface area contributed by atoms with Crippen molar-refractivity contribution in [3.8, 4) is 0 Å². The third-order valence-electron chi connectivity index (χ3n) is 3.69. The molecule has 1 heterocycles. The van der Waals surface area contributed by atoms with Crippen LogP contribution in [0.2, 0.25) is 6.04 Å². The molecule has 122 valence electrons.